The van der Waals surface area contributed by atoms with E-state index in [-0.39, 0.29) is 0 Å². The van der Waals surface area contributed by atoms with Gasteiger partial charge in [0.1, 0.15) is 5.71 Å². The van der Waals surface area contributed by atoms with Gasteiger partial charge in [-0.05, 0) is 28.1 Å². The molecule has 2 heterocycles. The highest BCUT2D eigenvalue weighted by Gasteiger charge is 2.06. The molecular formula is C7H4BrN2S. The molecule has 0 atom stereocenters. The summed E-state index contributed by atoms with van der Waals surface area (Å²) in [6.45, 7) is 0. The summed E-state index contributed by atoms with van der Waals surface area (Å²) in [5.74, 6) is 0. The zero-order valence-corrected chi connectivity index (χ0v) is 7.89. The second-order valence-corrected chi connectivity index (χ2v) is 3.87. The molecule has 4 heteroatoms. The third-order valence-electron chi connectivity index (χ3n) is 1.28. The Balaban J connectivity index is 2.36. The highest BCUT2D eigenvalue weighted by Crippen LogP contribution is 2.21. The zero-order chi connectivity index (χ0) is 7.68. The molecule has 0 aliphatic carbocycles. The summed E-state index contributed by atoms with van der Waals surface area (Å²) in [4.78, 5) is 1.15. The normalized spacial score (nSPS) is 14.8. The lowest BCUT2D eigenvalue weighted by Crippen LogP contribution is -1.88. The van der Waals surface area contributed by atoms with E-state index >= 15 is 0 Å². The first kappa shape index (κ1) is 7.06. The molecule has 0 amide bonds. The largest absolute Gasteiger partial charge is 0.158 e. The molecule has 2 nitrogen and oxygen atoms in total. The Morgan fingerprint density at radius 2 is 2.36 bits per heavy atom. The SMILES string of the molecule is Brc1csc(C2=N[N]C=C2)c1. The van der Waals surface area contributed by atoms with Crippen molar-refractivity contribution in [2.75, 3.05) is 0 Å². The van der Waals surface area contributed by atoms with Gasteiger partial charge in [-0.15, -0.1) is 16.4 Å². The van der Waals surface area contributed by atoms with E-state index in [0.717, 1.165) is 15.1 Å². The number of hydrogen-bond acceptors (Lipinski definition) is 2. The van der Waals surface area contributed by atoms with Gasteiger partial charge in [-0.1, -0.05) is 0 Å². The van der Waals surface area contributed by atoms with Crippen LogP contribution in [0.1, 0.15) is 4.88 Å². The summed E-state index contributed by atoms with van der Waals surface area (Å²) in [6.07, 6.45) is 3.60. The Morgan fingerprint density at radius 3 is 2.91 bits per heavy atom. The molecule has 11 heavy (non-hydrogen) atoms. The van der Waals surface area contributed by atoms with Crippen LogP contribution in [0.25, 0.3) is 0 Å². The van der Waals surface area contributed by atoms with Crippen molar-refractivity contribution in [3.05, 3.63) is 33.1 Å². The van der Waals surface area contributed by atoms with Crippen molar-refractivity contribution in [2.45, 2.75) is 0 Å². The highest BCUT2D eigenvalue weighted by molar-refractivity contribution is 9.10. The van der Waals surface area contributed by atoms with E-state index in [4.69, 9.17) is 0 Å². The van der Waals surface area contributed by atoms with Gasteiger partial charge < -0.3 is 0 Å². The quantitative estimate of drug-likeness (QED) is 0.705. The second kappa shape index (κ2) is 2.79. The van der Waals surface area contributed by atoms with Crippen LogP contribution >= 0.6 is 27.3 Å². The molecule has 2 rings (SSSR count). The van der Waals surface area contributed by atoms with Gasteiger partial charge in [0.05, 0.1) is 11.1 Å². The van der Waals surface area contributed by atoms with E-state index in [0.29, 0.717) is 0 Å². The van der Waals surface area contributed by atoms with Crippen LogP contribution in [0.2, 0.25) is 0 Å². The van der Waals surface area contributed by atoms with Gasteiger partial charge in [-0.3, -0.25) is 0 Å². The molecule has 1 aromatic heterocycles. The molecule has 0 aromatic carbocycles. The van der Waals surface area contributed by atoms with Crippen LogP contribution in [0.15, 0.2) is 33.3 Å². The monoisotopic (exact) mass is 227 g/mol. The lowest BCUT2D eigenvalue weighted by atomic mass is 10.3. The molecule has 0 spiro atoms. The van der Waals surface area contributed by atoms with Crippen LogP contribution < -0.4 is 5.43 Å². The van der Waals surface area contributed by atoms with Gasteiger partial charge in [-0.25, -0.2) is 0 Å². The fourth-order valence-electron chi connectivity index (χ4n) is 0.812. The Labute approximate surface area is 76.8 Å². The Morgan fingerprint density at radius 1 is 1.45 bits per heavy atom. The third-order valence-corrected chi connectivity index (χ3v) is 3.00. The van der Waals surface area contributed by atoms with Crippen LogP contribution in [-0.2, 0) is 0 Å². The second-order valence-electron chi connectivity index (χ2n) is 2.05. The Kier molecular flexibility index (Phi) is 1.79. The number of nitrogens with zero attached hydrogens (tertiary/aromatic N) is 2. The molecule has 0 saturated heterocycles. The third kappa shape index (κ3) is 1.36. The number of thiophene rings is 1. The van der Waals surface area contributed by atoms with Crippen LogP contribution in [0.3, 0.4) is 0 Å². The van der Waals surface area contributed by atoms with Crippen molar-refractivity contribution in [1.29, 1.82) is 0 Å². The molecule has 55 valence electrons. The Bertz CT molecular complexity index is 327. The van der Waals surface area contributed by atoms with Crippen molar-refractivity contribution >= 4 is 33.0 Å². The summed E-state index contributed by atoms with van der Waals surface area (Å²) in [5, 5.41) is 5.97. The summed E-state index contributed by atoms with van der Waals surface area (Å²) in [5.41, 5.74) is 4.69. The maximum Gasteiger partial charge on any atom is 0.104 e. The Hall–Kier alpha value is -0.610. The molecule has 1 aliphatic heterocycles. The lowest BCUT2D eigenvalue weighted by molar-refractivity contribution is 0.973. The molecule has 0 bridgehead atoms. The maximum absolute atomic E-state index is 3.94. The molecule has 0 unspecified atom stereocenters. The van der Waals surface area contributed by atoms with Gasteiger partial charge in [0.2, 0.25) is 0 Å². The minimum atomic E-state index is 0.945. The topological polar surface area (TPSA) is 26.5 Å². The molecule has 0 fully saturated rings. The number of allylic oxidation sites excluding steroid dienone is 1. The number of rotatable bonds is 1. The first-order valence-electron chi connectivity index (χ1n) is 3.05. The molecule has 1 radical (unpaired) electrons. The van der Waals surface area contributed by atoms with Gasteiger partial charge in [0, 0.05) is 9.85 Å². The zero-order valence-electron chi connectivity index (χ0n) is 5.49. The standard InChI is InChI=1S/C7H4BrN2S/c8-5-3-7(11-4-5)6-1-2-9-10-6/h1-4H. The molecule has 0 saturated carbocycles. The molecule has 1 aromatic rings. The molecule has 1 aliphatic rings. The number of hydrogen-bond donors (Lipinski definition) is 0. The van der Waals surface area contributed by atoms with Gasteiger partial charge in [-0.2, -0.15) is 5.43 Å². The van der Waals surface area contributed by atoms with Crippen molar-refractivity contribution < 1.29 is 0 Å². The van der Waals surface area contributed by atoms with E-state index < -0.39 is 0 Å². The van der Waals surface area contributed by atoms with Crippen molar-refractivity contribution in [2.24, 2.45) is 5.10 Å². The molecule has 0 N–H and O–H groups in total. The summed E-state index contributed by atoms with van der Waals surface area (Å²) in [7, 11) is 0. The van der Waals surface area contributed by atoms with E-state index in [9.17, 15) is 0 Å². The first-order valence-corrected chi connectivity index (χ1v) is 4.72. The van der Waals surface area contributed by atoms with Crippen LogP contribution in [0.4, 0.5) is 0 Å². The summed E-state index contributed by atoms with van der Waals surface area (Å²) >= 11 is 5.04. The van der Waals surface area contributed by atoms with E-state index in [1.54, 1.807) is 17.5 Å². The number of halogens is 1. The van der Waals surface area contributed by atoms with Gasteiger partial charge in [0.15, 0.2) is 0 Å². The predicted octanol–water partition coefficient (Wildman–Crippen LogP) is 2.35. The van der Waals surface area contributed by atoms with Crippen LogP contribution in [0, 0.1) is 0 Å². The van der Waals surface area contributed by atoms with Gasteiger partial charge >= 0.3 is 0 Å². The average molecular weight is 228 g/mol. The van der Waals surface area contributed by atoms with Gasteiger partial charge in [0.25, 0.3) is 0 Å². The van der Waals surface area contributed by atoms with Crippen molar-refractivity contribution in [3.63, 3.8) is 0 Å². The minimum absolute atomic E-state index is 0.945. The molecular weight excluding hydrogens is 224 g/mol. The minimum Gasteiger partial charge on any atom is -0.158 e. The van der Waals surface area contributed by atoms with E-state index in [2.05, 4.69) is 26.5 Å². The fraction of sp³-hybridized carbons (Fsp3) is 0. The lowest BCUT2D eigenvalue weighted by Gasteiger charge is -1.86. The maximum atomic E-state index is 3.94. The highest BCUT2D eigenvalue weighted by atomic mass is 79.9. The van der Waals surface area contributed by atoms with Crippen LogP contribution in [-0.4, -0.2) is 5.71 Å². The first-order chi connectivity index (χ1) is 5.36. The van der Waals surface area contributed by atoms with E-state index in [1.165, 1.54) is 0 Å². The van der Waals surface area contributed by atoms with Crippen molar-refractivity contribution in [1.82, 2.24) is 5.43 Å². The predicted molar refractivity (Wildman–Crippen MR) is 49.8 cm³/mol. The average Bonchev–Trinajstić information content (AvgIpc) is 2.55. The summed E-state index contributed by atoms with van der Waals surface area (Å²) < 4.78 is 1.10. The van der Waals surface area contributed by atoms with Crippen molar-refractivity contribution in [3.8, 4) is 0 Å². The van der Waals surface area contributed by atoms with E-state index in [1.807, 2.05) is 17.5 Å². The summed E-state index contributed by atoms with van der Waals surface area (Å²) in [6, 6.07) is 2.04. The smallest absolute Gasteiger partial charge is 0.104 e. The van der Waals surface area contributed by atoms with Crippen LogP contribution in [0.5, 0.6) is 0 Å². The fourth-order valence-corrected chi connectivity index (χ4v) is 2.20.